The first-order valence-corrected chi connectivity index (χ1v) is 10.6. The maximum atomic E-state index is 12.4. The van der Waals surface area contributed by atoms with Crippen molar-refractivity contribution in [2.45, 2.75) is 32.6 Å². The van der Waals surface area contributed by atoms with Gasteiger partial charge in [-0.25, -0.2) is 8.42 Å². The summed E-state index contributed by atoms with van der Waals surface area (Å²) in [6.45, 7) is 7.99. The van der Waals surface area contributed by atoms with Crippen molar-refractivity contribution in [3.05, 3.63) is 47.0 Å². The number of hydrogen-bond acceptors (Lipinski definition) is 5. The highest BCUT2D eigenvalue weighted by atomic mass is 32.2. The van der Waals surface area contributed by atoms with Crippen molar-refractivity contribution >= 4 is 27.1 Å². The predicted octanol–water partition coefficient (Wildman–Crippen LogP) is 3.46. The van der Waals surface area contributed by atoms with E-state index in [1.54, 1.807) is 19.1 Å². The number of carbonyl (C=O) groups excluding carboxylic acids is 1. The molecule has 0 aromatic heterocycles. The molecule has 6 nitrogen and oxygen atoms in total. The molecule has 2 rings (SSSR count). The van der Waals surface area contributed by atoms with E-state index < -0.39 is 9.84 Å². The number of aryl methyl sites for hydroxylation is 3. The molecule has 0 bridgehead atoms. The molecule has 0 spiro atoms. The third kappa shape index (κ3) is 5.23. The fraction of sp³-hybridized carbons (Fsp3) is 0.350. The van der Waals surface area contributed by atoms with E-state index in [2.05, 4.69) is 10.6 Å². The molecule has 2 aromatic carbocycles. The zero-order valence-electron chi connectivity index (χ0n) is 16.3. The molecular weight excluding hydrogens is 364 g/mol. The third-order valence-electron chi connectivity index (χ3n) is 4.05. The second-order valence-electron chi connectivity index (χ2n) is 6.51. The topological polar surface area (TPSA) is 84.5 Å². The number of amides is 1. The van der Waals surface area contributed by atoms with Crippen LogP contribution < -0.4 is 15.4 Å². The van der Waals surface area contributed by atoms with Gasteiger partial charge in [-0.05, 0) is 51.0 Å². The molecule has 2 aromatic rings. The standard InChI is InChI=1S/C20H26N2O4S/c1-6-26-20-16(8-7-9-17(20)27(5,24)25)21-12-18(23)22-19-14(3)10-13(2)11-15(19)4/h7-11,21H,6,12H2,1-5H3,(H,22,23). The Bertz CT molecular complexity index is 929. The maximum absolute atomic E-state index is 12.4. The van der Waals surface area contributed by atoms with E-state index in [4.69, 9.17) is 4.74 Å². The number of rotatable bonds is 7. The van der Waals surface area contributed by atoms with Gasteiger partial charge in [-0.2, -0.15) is 0 Å². The van der Waals surface area contributed by atoms with Gasteiger partial charge >= 0.3 is 0 Å². The summed E-state index contributed by atoms with van der Waals surface area (Å²) in [6.07, 6.45) is 1.13. The van der Waals surface area contributed by atoms with Gasteiger partial charge in [-0.1, -0.05) is 23.8 Å². The van der Waals surface area contributed by atoms with Crippen LogP contribution in [-0.4, -0.2) is 33.7 Å². The first-order chi connectivity index (χ1) is 12.6. The van der Waals surface area contributed by atoms with E-state index in [0.29, 0.717) is 12.3 Å². The minimum Gasteiger partial charge on any atom is -0.490 e. The molecule has 2 N–H and O–H groups in total. The van der Waals surface area contributed by atoms with Gasteiger partial charge in [0.15, 0.2) is 15.6 Å². The Morgan fingerprint density at radius 3 is 2.30 bits per heavy atom. The van der Waals surface area contributed by atoms with Crippen LogP contribution in [0.15, 0.2) is 35.2 Å². The number of sulfone groups is 1. The molecule has 0 radical (unpaired) electrons. The minimum atomic E-state index is -3.45. The van der Waals surface area contributed by atoms with Crippen molar-refractivity contribution in [1.82, 2.24) is 0 Å². The Morgan fingerprint density at radius 1 is 1.11 bits per heavy atom. The fourth-order valence-corrected chi connectivity index (χ4v) is 3.81. The number of hydrogen-bond donors (Lipinski definition) is 2. The molecule has 0 fully saturated rings. The highest BCUT2D eigenvalue weighted by Crippen LogP contribution is 2.32. The normalized spacial score (nSPS) is 11.1. The lowest BCUT2D eigenvalue weighted by Gasteiger charge is -2.16. The van der Waals surface area contributed by atoms with Gasteiger partial charge < -0.3 is 15.4 Å². The second kappa shape index (κ2) is 8.43. The van der Waals surface area contributed by atoms with Crippen molar-refractivity contribution in [3.63, 3.8) is 0 Å². The first kappa shape index (κ1) is 20.8. The summed E-state index contributed by atoms with van der Waals surface area (Å²) in [7, 11) is -3.45. The molecule has 0 aliphatic rings. The summed E-state index contributed by atoms with van der Waals surface area (Å²) >= 11 is 0. The number of benzene rings is 2. The van der Waals surface area contributed by atoms with E-state index in [0.717, 1.165) is 28.6 Å². The molecule has 146 valence electrons. The van der Waals surface area contributed by atoms with Crippen molar-refractivity contribution < 1.29 is 17.9 Å². The maximum Gasteiger partial charge on any atom is 0.243 e. The second-order valence-corrected chi connectivity index (χ2v) is 8.50. The van der Waals surface area contributed by atoms with Crippen LogP contribution >= 0.6 is 0 Å². The van der Waals surface area contributed by atoms with Crippen LogP contribution in [0.4, 0.5) is 11.4 Å². The Morgan fingerprint density at radius 2 is 1.74 bits per heavy atom. The zero-order chi connectivity index (χ0) is 20.2. The fourth-order valence-electron chi connectivity index (χ4n) is 2.98. The minimum absolute atomic E-state index is 0.0138. The number of anilines is 2. The zero-order valence-corrected chi connectivity index (χ0v) is 17.2. The summed E-state index contributed by atoms with van der Waals surface area (Å²) in [4.78, 5) is 12.5. The van der Waals surface area contributed by atoms with Gasteiger partial charge in [-0.15, -0.1) is 0 Å². The molecule has 0 unspecified atom stereocenters. The molecule has 0 saturated carbocycles. The summed E-state index contributed by atoms with van der Waals surface area (Å²) in [5, 5.41) is 5.89. The molecule has 0 aliphatic heterocycles. The van der Waals surface area contributed by atoms with Crippen LogP contribution in [0.3, 0.4) is 0 Å². The Hall–Kier alpha value is -2.54. The number of carbonyl (C=O) groups is 1. The van der Waals surface area contributed by atoms with Crippen LogP contribution in [0.25, 0.3) is 0 Å². The first-order valence-electron chi connectivity index (χ1n) is 8.71. The molecule has 1 amide bonds. The molecule has 0 aliphatic carbocycles. The summed E-state index contributed by atoms with van der Waals surface area (Å²) in [6, 6.07) is 8.82. The van der Waals surface area contributed by atoms with Gasteiger partial charge in [-0.3, -0.25) is 4.79 Å². The van der Waals surface area contributed by atoms with Gasteiger partial charge in [0.2, 0.25) is 5.91 Å². The average molecular weight is 391 g/mol. The summed E-state index contributed by atoms with van der Waals surface area (Å²) < 4.78 is 29.5. The van der Waals surface area contributed by atoms with E-state index in [1.165, 1.54) is 6.07 Å². The molecular formula is C20H26N2O4S. The molecule has 7 heteroatoms. The van der Waals surface area contributed by atoms with Crippen molar-refractivity contribution in [2.75, 3.05) is 30.0 Å². The summed E-state index contributed by atoms with van der Waals surface area (Å²) in [5.74, 6) is 0.00950. The highest BCUT2D eigenvalue weighted by Gasteiger charge is 2.18. The van der Waals surface area contributed by atoms with E-state index in [9.17, 15) is 13.2 Å². The van der Waals surface area contributed by atoms with Crippen LogP contribution in [0, 0.1) is 20.8 Å². The van der Waals surface area contributed by atoms with Crippen molar-refractivity contribution in [1.29, 1.82) is 0 Å². The van der Waals surface area contributed by atoms with Crippen LogP contribution in [-0.2, 0) is 14.6 Å². The Labute approximate surface area is 160 Å². The number of nitrogens with one attached hydrogen (secondary N) is 2. The van der Waals surface area contributed by atoms with E-state index in [-0.39, 0.29) is 23.1 Å². The molecule has 27 heavy (non-hydrogen) atoms. The predicted molar refractivity (Wildman–Crippen MR) is 108 cm³/mol. The highest BCUT2D eigenvalue weighted by molar-refractivity contribution is 7.90. The van der Waals surface area contributed by atoms with Crippen LogP contribution in [0.5, 0.6) is 5.75 Å². The Kier molecular flexibility index (Phi) is 6.49. The summed E-state index contributed by atoms with van der Waals surface area (Å²) in [5.41, 5.74) is 4.39. The lowest BCUT2D eigenvalue weighted by molar-refractivity contribution is -0.114. The van der Waals surface area contributed by atoms with Crippen LogP contribution in [0.1, 0.15) is 23.6 Å². The Balaban J connectivity index is 2.18. The number of ether oxygens (including phenoxy) is 1. The molecule has 0 saturated heterocycles. The van der Waals surface area contributed by atoms with Crippen molar-refractivity contribution in [3.8, 4) is 5.75 Å². The van der Waals surface area contributed by atoms with Gasteiger partial charge in [0.1, 0.15) is 4.90 Å². The monoisotopic (exact) mass is 390 g/mol. The van der Waals surface area contributed by atoms with Gasteiger partial charge in [0, 0.05) is 11.9 Å². The van der Waals surface area contributed by atoms with Crippen molar-refractivity contribution in [2.24, 2.45) is 0 Å². The molecule has 0 atom stereocenters. The lowest BCUT2D eigenvalue weighted by Crippen LogP contribution is -2.23. The largest absolute Gasteiger partial charge is 0.490 e. The third-order valence-corrected chi connectivity index (χ3v) is 5.17. The van der Waals surface area contributed by atoms with Gasteiger partial charge in [0.05, 0.1) is 18.8 Å². The average Bonchev–Trinajstić information content (AvgIpc) is 2.56. The molecule has 0 heterocycles. The van der Waals surface area contributed by atoms with Crippen LogP contribution in [0.2, 0.25) is 0 Å². The lowest BCUT2D eigenvalue weighted by atomic mass is 10.1. The van der Waals surface area contributed by atoms with E-state index >= 15 is 0 Å². The SMILES string of the molecule is CCOc1c(NCC(=O)Nc2c(C)cc(C)cc2C)cccc1S(C)(=O)=O. The van der Waals surface area contributed by atoms with Gasteiger partial charge in [0.25, 0.3) is 0 Å². The quantitative estimate of drug-likeness (QED) is 0.756. The van der Waals surface area contributed by atoms with E-state index in [1.807, 2.05) is 32.9 Å². The smallest absolute Gasteiger partial charge is 0.243 e. The number of para-hydroxylation sites is 1.